The molecule has 1 heterocycles. The Morgan fingerprint density at radius 1 is 1.32 bits per heavy atom. The van der Waals surface area contributed by atoms with E-state index in [1.807, 2.05) is 0 Å². The number of hydrogen-bond acceptors (Lipinski definition) is 1. The highest BCUT2D eigenvalue weighted by Gasteiger charge is 2.26. The van der Waals surface area contributed by atoms with Gasteiger partial charge in [0.1, 0.15) is 13.1 Å². The smallest absolute Gasteiger partial charge is 0.280 e. The number of piperidine rings is 1. The van der Waals surface area contributed by atoms with Crippen LogP contribution in [-0.4, -0.2) is 56.1 Å². The van der Waals surface area contributed by atoms with Crippen LogP contribution in [0.5, 0.6) is 0 Å². The zero-order chi connectivity index (χ0) is 14.3. The predicted octanol–water partition coefficient (Wildman–Crippen LogP) is -0.878. The first-order valence-electron chi connectivity index (χ1n) is 8.04. The van der Waals surface area contributed by atoms with Crippen LogP contribution in [0.4, 0.5) is 0 Å². The first-order chi connectivity index (χ1) is 9.08. The van der Waals surface area contributed by atoms with Crippen molar-refractivity contribution in [2.75, 3.05) is 39.3 Å². The predicted molar refractivity (Wildman–Crippen MR) is 78.1 cm³/mol. The number of quaternary nitrogens is 2. The third-order valence-electron chi connectivity index (χ3n) is 4.50. The van der Waals surface area contributed by atoms with Gasteiger partial charge in [-0.15, -0.1) is 0 Å². The number of likely N-dealkylation sites (tertiary alicyclic amines) is 1. The Balaban J connectivity index is 2.25. The summed E-state index contributed by atoms with van der Waals surface area (Å²) in [4.78, 5) is 16.0. The topological polar surface area (TPSA) is 41.4 Å². The van der Waals surface area contributed by atoms with Gasteiger partial charge in [0.15, 0.2) is 6.04 Å². The Morgan fingerprint density at radius 3 is 2.42 bits per heavy atom. The number of hydrogen-bond donors (Lipinski definition) is 2. The molecule has 4 heteroatoms. The minimum Gasteiger partial charge on any atom is -0.338 e. The van der Waals surface area contributed by atoms with Gasteiger partial charge in [-0.05, 0) is 39.5 Å². The summed E-state index contributed by atoms with van der Waals surface area (Å²) in [6, 6.07) is 0.0865. The lowest BCUT2D eigenvalue weighted by atomic mass is 9.99. The van der Waals surface area contributed by atoms with Crippen molar-refractivity contribution in [3.63, 3.8) is 0 Å². The normalized spacial score (nSPS) is 18.9. The fraction of sp³-hybridized carbons (Fsp3) is 0.933. The molecule has 4 nitrogen and oxygen atoms in total. The second-order valence-electron chi connectivity index (χ2n) is 6.03. The van der Waals surface area contributed by atoms with Crippen molar-refractivity contribution in [2.24, 2.45) is 5.92 Å². The maximum atomic E-state index is 12.3. The van der Waals surface area contributed by atoms with Gasteiger partial charge in [0.05, 0.1) is 13.1 Å². The Kier molecular flexibility index (Phi) is 7.39. The summed E-state index contributed by atoms with van der Waals surface area (Å²) >= 11 is 0. The number of likely N-dealkylation sites (N-methyl/N-ethyl adjacent to an activating group) is 1. The number of nitrogens with one attached hydrogen (secondary N) is 1. The molecule has 3 N–H and O–H groups in total. The molecule has 0 aromatic heterocycles. The summed E-state index contributed by atoms with van der Waals surface area (Å²) in [5.74, 6) is 1.12. The SMILES string of the molecule is CC[NH+](CC)CC[NH2+][C@H](C)C(=O)N1CCC(C)CC1. The molecular formula is C15H33N3O+2. The van der Waals surface area contributed by atoms with Crippen molar-refractivity contribution in [2.45, 2.75) is 46.6 Å². The lowest BCUT2D eigenvalue weighted by Gasteiger charge is -2.31. The van der Waals surface area contributed by atoms with Gasteiger partial charge in [-0.2, -0.15) is 0 Å². The number of nitrogens with zero attached hydrogens (tertiary/aromatic N) is 1. The number of nitrogens with two attached hydrogens (primary N) is 1. The van der Waals surface area contributed by atoms with Gasteiger partial charge in [-0.1, -0.05) is 6.92 Å². The third kappa shape index (κ3) is 5.49. The molecule has 0 saturated carbocycles. The zero-order valence-electron chi connectivity index (χ0n) is 13.2. The maximum absolute atomic E-state index is 12.3. The average Bonchev–Trinajstić information content (AvgIpc) is 2.43. The summed E-state index contributed by atoms with van der Waals surface area (Å²) in [5.41, 5.74) is 0. The summed E-state index contributed by atoms with van der Waals surface area (Å²) in [7, 11) is 0. The van der Waals surface area contributed by atoms with E-state index >= 15 is 0 Å². The largest absolute Gasteiger partial charge is 0.338 e. The standard InChI is InChI=1S/C15H31N3O/c1-5-17(6-2)12-9-16-14(4)15(19)18-10-7-13(3)8-11-18/h13-14,16H,5-12H2,1-4H3/p+2/t14-/m1/s1. The molecule has 1 amide bonds. The lowest BCUT2D eigenvalue weighted by Crippen LogP contribution is -3.14. The summed E-state index contributed by atoms with van der Waals surface area (Å²) < 4.78 is 0. The first-order valence-corrected chi connectivity index (χ1v) is 8.04. The van der Waals surface area contributed by atoms with Gasteiger partial charge in [-0.3, -0.25) is 4.79 Å². The second-order valence-corrected chi connectivity index (χ2v) is 6.03. The number of carbonyl (C=O) groups is 1. The molecule has 1 saturated heterocycles. The van der Waals surface area contributed by atoms with Crippen molar-refractivity contribution in [3.05, 3.63) is 0 Å². The summed E-state index contributed by atoms with van der Waals surface area (Å²) in [6.07, 6.45) is 2.34. The molecule has 0 aromatic rings. The molecule has 0 unspecified atom stereocenters. The van der Waals surface area contributed by atoms with E-state index in [4.69, 9.17) is 0 Å². The van der Waals surface area contributed by atoms with Gasteiger partial charge in [0.25, 0.3) is 5.91 Å². The van der Waals surface area contributed by atoms with Gasteiger partial charge in [0.2, 0.25) is 0 Å². The molecule has 0 spiro atoms. The molecule has 0 aromatic carbocycles. The van der Waals surface area contributed by atoms with E-state index in [-0.39, 0.29) is 6.04 Å². The highest BCUT2D eigenvalue weighted by molar-refractivity contribution is 5.80. The fourth-order valence-electron chi connectivity index (χ4n) is 2.76. The van der Waals surface area contributed by atoms with Crippen LogP contribution in [0.3, 0.4) is 0 Å². The van der Waals surface area contributed by atoms with Gasteiger partial charge in [0, 0.05) is 13.1 Å². The van der Waals surface area contributed by atoms with E-state index in [0.29, 0.717) is 5.91 Å². The van der Waals surface area contributed by atoms with Crippen molar-refractivity contribution in [3.8, 4) is 0 Å². The van der Waals surface area contributed by atoms with Crippen LogP contribution < -0.4 is 10.2 Å². The Hall–Kier alpha value is -0.610. The van der Waals surface area contributed by atoms with Gasteiger partial charge < -0.3 is 15.1 Å². The molecular weight excluding hydrogens is 238 g/mol. The van der Waals surface area contributed by atoms with Crippen molar-refractivity contribution in [1.29, 1.82) is 0 Å². The minimum atomic E-state index is 0.0865. The van der Waals surface area contributed by atoms with Crippen molar-refractivity contribution < 1.29 is 15.0 Å². The Morgan fingerprint density at radius 2 is 1.89 bits per heavy atom. The summed E-state index contributed by atoms with van der Waals surface area (Å²) in [6.45, 7) is 15.3. The van der Waals surface area contributed by atoms with Crippen LogP contribution in [0.1, 0.15) is 40.5 Å². The van der Waals surface area contributed by atoms with E-state index in [2.05, 4.69) is 37.9 Å². The van der Waals surface area contributed by atoms with Gasteiger partial charge >= 0.3 is 0 Å². The molecule has 0 aliphatic carbocycles. The first kappa shape index (κ1) is 16.4. The maximum Gasteiger partial charge on any atom is 0.280 e. The van der Waals surface area contributed by atoms with Crippen LogP contribution in [0.25, 0.3) is 0 Å². The second kappa shape index (κ2) is 8.54. The van der Waals surface area contributed by atoms with Crippen LogP contribution in [-0.2, 0) is 4.79 Å². The number of amides is 1. The van der Waals surface area contributed by atoms with Crippen LogP contribution in [0.2, 0.25) is 0 Å². The van der Waals surface area contributed by atoms with E-state index in [0.717, 1.165) is 32.1 Å². The van der Waals surface area contributed by atoms with Gasteiger partial charge in [-0.25, -0.2) is 0 Å². The monoisotopic (exact) mass is 271 g/mol. The molecule has 112 valence electrons. The Labute approximate surface area is 118 Å². The molecule has 1 rings (SSSR count). The third-order valence-corrected chi connectivity index (χ3v) is 4.50. The lowest BCUT2D eigenvalue weighted by molar-refractivity contribution is -0.910. The Bertz CT molecular complexity index is 258. The van der Waals surface area contributed by atoms with Crippen molar-refractivity contribution in [1.82, 2.24) is 4.90 Å². The van der Waals surface area contributed by atoms with Crippen LogP contribution in [0.15, 0.2) is 0 Å². The van der Waals surface area contributed by atoms with E-state index in [1.165, 1.54) is 25.9 Å². The molecule has 1 fully saturated rings. The van der Waals surface area contributed by atoms with E-state index < -0.39 is 0 Å². The van der Waals surface area contributed by atoms with E-state index in [1.54, 1.807) is 4.90 Å². The zero-order valence-corrected chi connectivity index (χ0v) is 13.2. The highest BCUT2D eigenvalue weighted by atomic mass is 16.2. The molecule has 1 atom stereocenters. The van der Waals surface area contributed by atoms with Crippen LogP contribution >= 0.6 is 0 Å². The molecule has 19 heavy (non-hydrogen) atoms. The van der Waals surface area contributed by atoms with Crippen molar-refractivity contribution >= 4 is 5.91 Å². The summed E-state index contributed by atoms with van der Waals surface area (Å²) in [5, 5.41) is 2.21. The number of rotatable bonds is 7. The molecule has 1 aliphatic heterocycles. The van der Waals surface area contributed by atoms with E-state index in [9.17, 15) is 4.79 Å². The quantitative estimate of drug-likeness (QED) is 0.620. The minimum absolute atomic E-state index is 0.0865. The number of carbonyl (C=O) groups excluding carboxylic acids is 1. The molecule has 0 radical (unpaired) electrons. The molecule has 0 bridgehead atoms. The fourth-order valence-corrected chi connectivity index (χ4v) is 2.76. The molecule has 1 aliphatic rings. The van der Waals surface area contributed by atoms with Crippen LogP contribution in [0, 0.1) is 5.92 Å². The highest BCUT2D eigenvalue weighted by Crippen LogP contribution is 2.16. The average molecular weight is 271 g/mol.